The summed E-state index contributed by atoms with van der Waals surface area (Å²) in [5.41, 5.74) is 2.16. The number of aliphatic hydroxyl groups is 1. The van der Waals surface area contributed by atoms with Gasteiger partial charge >= 0.3 is 6.03 Å². The van der Waals surface area contributed by atoms with E-state index in [-0.39, 0.29) is 18.7 Å². The summed E-state index contributed by atoms with van der Waals surface area (Å²) in [5, 5.41) is 19.1. The van der Waals surface area contributed by atoms with Gasteiger partial charge in [0.1, 0.15) is 5.76 Å². The molecule has 1 aliphatic rings. The highest BCUT2D eigenvalue weighted by atomic mass is 16.3. The maximum Gasteiger partial charge on any atom is 0.315 e. The van der Waals surface area contributed by atoms with Gasteiger partial charge in [0.2, 0.25) is 0 Å². The normalized spacial score (nSPS) is 17.0. The molecule has 7 heteroatoms. The first-order valence-electron chi connectivity index (χ1n) is 7.50. The zero-order valence-electron chi connectivity index (χ0n) is 12.3. The maximum atomic E-state index is 12.0. The topological polar surface area (TPSA) is 92.3 Å². The zero-order chi connectivity index (χ0) is 15.4. The van der Waals surface area contributed by atoms with Gasteiger partial charge in [-0.1, -0.05) is 0 Å². The van der Waals surface area contributed by atoms with E-state index >= 15 is 0 Å². The summed E-state index contributed by atoms with van der Waals surface area (Å²) >= 11 is 0. The summed E-state index contributed by atoms with van der Waals surface area (Å²) in [7, 11) is 0. The number of furan rings is 1. The lowest BCUT2D eigenvalue weighted by molar-refractivity contribution is 0.234. The monoisotopic (exact) mass is 304 g/mol. The molecule has 0 spiro atoms. The number of nitrogens with one attached hydrogen (secondary N) is 2. The number of hydrogen-bond acceptors (Lipinski definition) is 4. The fraction of sp³-hybridized carbons (Fsp3) is 0.467. The first-order chi connectivity index (χ1) is 10.8. The number of carbonyl (C=O) groups is 1. The largest absolute Gasteiger partial charge is 0.467 e. The molecule has 0 fully saturated rings. The van der Waals surface area contributed by atoms with Crippen LogP contribution in [0.2, 0.25) is 0 Å². The van der Waals surface area contributed by atoms with E-state index in [1.165, 1.54) is 0 Å². The van der Waals surface area contributed by atoms with E-state index in [4.69, 9.17) is 9.52 Å². The Balaban J connectivity index is 1.60. The van der Waals surface area contributed by atoms with Crippen molar-refractivity contribution in [3.05, 3.63) is 41.6 Å². The van der Waals surface area contributed by atoms with Gasteiger partial charge in [-0.15, -0.1) is 0 Å². The Kier molecular flexibility index (Phi) is 4.43. The molecule has 1 aliphatic carbocycles. The molecule has 3 rings (SSSR count). The van der Waals surface area contributed by atoms with Crippen LogP contribution in [0.1, 0.15) is 35.9 Å². The van der Waals surface area contributed by atoms with Gasteiger partial charge < -0.3 is 20.2 Å². The Hall–Kier alpha value is -2.28. The van der Waals surface area contributed by atoms with Gasteiger partial charge in [-0.25, -0.2) is 4.79 Å². The summed E-state index contributed by atoms with van der Waals surface area (Å²) in [4.78, 5) is 12.0. The predicted octanol–water partition coefficient (Wildman–Crippen LogP) is 1.35. The summed E-state index contributed by atoms with van der Waals surface area (Å²) in [6.07, 6.45) is 6.19. The highest BCUT2D eigenvalue weighted by molar-refractivity contribution is 5.74. The van der Waals surface area contributed by atoms with E-state index in [2.05, 4.69) is 15.7 Å². The molecular formula is C15H20N4O3. The first kappa shape index (κ1) is 14.6. The molecule has 2 heterocycles. The molecule has 0 aliphatic heterocycles. The number of rotatable bonds is 5. The molecule has 7 nitrogen and oxygen atoms in total. The molecule has 0 saturated heterocycles. The van der Waals surface area contributed by atoms with E-state index in [9.17, 15) is 4.79 Å². The highest BCUT2D eigenvalue weighted by Gasteiger charge is 2.25. The summed E-state index contributed by atoms with van der Waals surface area (Å²) in [6, 6.07) is 3.35. The third-order valence-electron chi connectivity index (χ3n) is 3.88. The van der Waals surface area contributed by atoms with Crippen LogP contribution in [0.15, 0.2) is 29.0 Å². The lowest BCUT2D eigenvalue weighted by Gasteiger charge is -2.24. The van der Waals surface area contributed by atoms with Gasteiger partial charge in [0, 0.05) is 11.3 Å². The molecule has 2 aromatic rings. The highest BCUT2D eigenvalue weighted by Crippen LogP contribution is 2.29. The number of amides is 2. The fourth-order valence-electron chi connectivity index (χ4n) is 2.85. The summed E-state index contributed by atoms with van der Waals surface area (Å²) in [5.74, 6) is 0.718. The minimum Gasteiger partial charge on any atom is -0.467 e. The fourth-order valence-corrected chi connectivity index (χ4v) is 2.85. The average Bonchev–Trinajstić information content (AvgIpc) is 3.16. The molecule has 0 unspecified atom stereocenters. The van der Waals surface area contributed by atoms with Crippen LogP contribution in [0.5, 0.6) is 0 Å². The first-order valence-corrected chi connectivity index (χ1v) is 7.50. The molecule has 3 N–H and O–H groups in total. The SMILES string of the molecule is O=C(NCc1ccco1)N[C@H]1CCCc2c1cnn2CCO. The van der Waals surface area contributed by atoms with E-state index in [1.54, 1.807) is 18.5 Å². The number of urea groups is 1. The van der Waals surface area contributed by atoms with Crippen molar-refractivity contribution in [3.63, 3.8) is 0 Å². The van der Waals surface area contributed by atoms with Crippen LogP contribution in [0.4, 0.5) is 4.79 Å². The summed E-state index contributed by atoms with van der Waals surface area (Å²) < 4.78 is 7.00. The summed E-state index contributed by atoms with van der Waals surface area (Å²) in [6.45, 7) is 0.921. The number of fused-ring (bicyclic) bond motifs is 1. The number of aromatic nitrogens is 2. The smallest absolute Gasteiger partial charge is 0.315 e. The van der Waals surface area contributed by atoms with Crippen LogP contribution < -0.4 is 10.6 Å². The Labute approximate surface area is 128 Å². The van der Waals surface area contributed by atoms with Crippen molar-refractivity contribution < 1.29 is 14.3 Å². The van der Waals surface area contributed by atoms with Crippen LogP contribution in [0, 0.1) is 0 Å². The zero-order valence-corrected chi connectivity index (χ0v) is 12.3. The van der Waals surface area contributed by atoms with E-state index < -0.39 is 0 Å². The maximum absolute atomic E-state index is 12.0. The van der Waals surface area contributed by atoms with Gasteiger partial charge in [-0.05, 0) is 31.4 Å². The molecular weight excluding hydrogens is 284 g/mol. The minimum atomic E-state index is -0.218. The van der Waals surface area contributed by atoms with Crippen molar-refractivity contribution in [2.45, 2.75) is 38.4 Å². The predicted molar refractivity (Wildman–Crippen MR) is 79.1 cm³/mol. The molecule has 2 amide bonds. The van der Waals surface area contributed by atoms with Crippen molar-refractivity contribution >= 4 is 6.03 Å². The van der Waals surface area contributed by atoms with Crippen molar-refractivity contribution in [1.82, 2.24) is 20.4 Å². The Morgan fingerprint density at radius 1 is 1.55 bits per heavy atom. The molecule has 118 valence electrons. The Bertz CT molecular complexity index is 621. The second-order valence-corrected chi connectivity index (χ2v) is 5.34. The van der Waals surface area contributed by atoms with Gasteiger partial charge in [-0.2, -0.15) is 5.10 Å². The van der Waals surface area contributed by atoms with Crippen LogP contribution in [0.3, 0.4) is 0 Å². The van der Waals surface area contributed by atoms with E-state index in [1.807, 2.05) is 10.7 Å². The molecule has 22 heavy (non-hydrogen) atoms. The van der Waals surface area contributed by atoms with Crippen LogP contribution in [-0.4, -0.2) is 27.5 Å². The van der Waals surface area contributed by atoms with Crippen LogP contribution in [0.25, 0.3) is 0 Å². The van der Waals surface area contributed by atoms with E-state index in [0.717, 1.165) is 36.3 Å². The molecule has 0 aromatic carbocycles. The third-order valence-corrected chi connectivity index (χ3v) is 3.88. The molecule has 1 atom stereocenters. The van der Waals surface area contributed by atoms with Crippen LogP contribution >= 0.6 is 0 Å². The minimum absolute atomic E-state index is 0.0345. The second kappa shape index (κ2) is 6.65. The molecule has 0 radical (unpaired) electrons. The third kappa shape index (κ3) is 3.14. The molecule has 2 aromatic heterocycles. The van der Waals surface area contributed by atoms with Gasteiger partial charge in [0.15, 0.2) is 0 Å². The second-order valence-electron chi connectivity index (χ2n) is 5.34. The Morgan fingerprint density at radius 3 is 3.23 bits per heavy atom. The lowest BCUT2D eigenvalue weighted by Crippen LogP contribution is -2.38. The average molecular weight is 304 g/mol. The van der Waals surface area contributed by atoms with Gasteiger partial charge in [0.25, 0.3) is 0 Å². The number of hydrogen-bond donors (Lipinski definition) is 3. The van der Waals surface area contributed by atoms with E-state index in [0.29, 0.717) is 13.1 Å². The number of aliphatic hydroxyl groups excluding tert-OH is 1. The van der Waals surface area contributed by atoms with Crippen LogP contribution in [-0.2, 0) is 19.5 Å². The Morgan fingerprint density at radius 2 is 2.45 bits per heavy atom. The number of carbonyl (C=O) groups excluding carboxylic acids is 1. The van der Waals surface area contributed by atoms with Crippen molar-refractivity contribution in [2.75, 3.05) is 6.61 Å². The van der Waals surface area contributed by atoms with Crippen molar-refractivity contribution in [2.24, 2.45) is 0 Å². The van der Waals surface area contributed by atoms with Crippen molar-refractivity contribution in [1.29, 1.82) is 0 Å². The van der Waals surface area contributed by atoms with Gasteiger partial charge in [0.05, 0.1) is 38.2 Å². The van der Waals surface area contributed by atoms with Crippen molar-refractivity contribution in [3.8, 4) is 0 Å². The standard InChI is InChI=1S/C15H20N4O3/c20-7-6-19-14-5-1-4-13(12(14)10-17-19)18-15(21)16-9-11-3-2-8-22-11/h2-3,8,10,13,20H,1,4-7,9H2,(H2,16,18,21)/t13-/m0/s1. The number of nitrogens with zero attached hydrogens (tertiary/aromatic N) is 2. The quantitative estimate of drug-likeness (QED) is 0.777. The van der Waals surface area contributed by atoms with Gasteiger partial charge in [-0.3, -0.25) is 4.68 Å². The lowest BCUT2D eigenvalue weighted by atomic mass is 9.93. The molecule has 0 bridgehead atoms. The molecule has 0 saturated carbocycles.